The molecule has 0 atom stereocenters. The van der Waals surface area contributed by atoms with Gasteiger partial charge in [0.05, 0.1) is 10.2 Å². The highest BCUT2D eigenvalue weighted by Gasteiger charge is 1.98. The molecule has 0 spiro atoms. The second kappa shape index (κ2) is 4.99. The van der Waals surface area contributed by atoms with Crippen molar-refractivity contribution in [1.29, 1.82) is 0 Å². The summed E-state index contributed by atoms with van der Waals surface area (Å²) >= 11 is 3.44. The monoisotopic (exact) mass is 277 g/mol. The normalized spacial score (nSPS) is 10.1. The number of pyridine rings is 1. The summed E-state index contributed by atoms with van der Waals surface area (Å²) in [6.07, 6.45) is 3.53. The predicted molar refractivity (Wildman–Crippen MR) is 70.1 cm³/mol. The minimum absolute atomic E-state index is 0.767. The van der Waals surface area contributed by atoms with Crippen LogP contribution in [-0.4, -0.2) is 4.98 Å². The molecule has 0 saturated heterocycles. The lowest BCUT2D eigenvalue weighted by atomic mass is 10.2. The van der Waals surface area contributed by atoms with Crippen molar-refractivity contribution in [2.45, 2.75) is 6.54 Å². The molecule has 1 aromatic carbocycles. The molecular formula is C12H12BrN3. The lowest BCUT2D eigenvalue weighted by Gasteiger charge is -2.08. The van der Waals surface area contributed by atoms with Gasteiger partial charge in [-0.05, 0) is 39.7 Å². The van der Waals surface area contributed by atoms with Gasteiger partial charge in [0.1, 0.15) is 0 Å². The number of benzene rings is 1. The van der Waals surface area contributed by atoms with Crippen LogP contribution < -0.4 is 11.1 Å². The molecule has 4 heteroatoms. The Hall–Kier alpha value is -1.55. The van der Waals surface area contributed by atoms with Crippen LogP contribution in [0.2, 0.25) is 0 Å². The summed E-state index contributed by atoms with van der Waals surface area (Å²) in [7, 11) is 0. The van der Waals surface area contributed by atoms with Gasteiger partial charge in [0.25, 0.3) is 0 Å². The van der Waals surface area contributed by atoms with Crippen LogP contribution in [0.3, 0.4) is 0 Å². The number of aromatic nitrogens is 1. The van der Waals surface area contributed by atoms with Gasteiger partial charge in [0.15, 0.2) is 0 Å². The van der Waals surface area contributed by atoms with Crippen LogP contribution in [0.25, 0.3) is 0 Å². The lowest BCUT2D eigenvalue weighted by molar-refractivity contribution is 1.14. The highest BCUT2D eigenvalue weighted by Crippen LogP contribution is 2.20. The van der Waals surface area contributed by atoms with Gasteiger partial charge in [-0.3, -0.25) is 4.98 Å². The Kier molecular flexibility index (Phi) is 3.41. The third-order valence-electron chi connectivity index (χ3n) is 2.24. The van der Waals surface area contributed by atoms with E-state index in [1.54, 1.807) is 12.4 Å². The molecule has 0 amide bonds. The molecule has 2 rings (SSSR count). The number of nitrogens with two attached hydrogens (primary N) is 1. The van der Waals surface area contributed by atoms with E-state index >= 15 is 0 Å². The number of anilines is 2. The molecule has 16 heavy (non-hydrogen) atoms. The minimum Gasteiger partial charge on any atom is -0.399 e. The Morgan fingerprint density at radius 1 is 1.19 bits per heavy atom. The van der Waals surface area contributed by atoms with E-state index in [0.717, 1.165) is 22.4 Å². The fourth-order valence-electron chi connectivity index (χ4n) is 1.35. The van der Waals surface area contributed by atoms with Gasteiger partial charge < -0.3 is 11.1 Å². The lowest BCUT2D eigenvalue weighted by Crippen LogP contribution is -2.00. The van der Waals surface area contributed by atoms with E-state index in [0.29, 0.717) is 0 Å². The topological polar surface area (TPSA) is 50.9 Å². The fourth-order valence-corrected chi connectivity index (χ4v) is 1.74. The van der Waals surface area contributed by atoms with E-state index in [1.807, 2.05) is 30.3 Å². The molecule has 0 aliphatic carbocycles. The highest BCUT2D eigenvalue weighted by atomic mass is 79.9. The molecular weight excluding hydrogens is 266 g/mol. The number of rotatable bonds is 3. The van der Waals surface area contributed by atoms with Gasteiger partial charge in [0, 0.05) is 24.6 Å². The van der Waals surface area contributed by atoms with Crippen molar-refractivity contribution in [3.8, 4) is 0 Å². The van der Waals surface area contributed by atoms with E-state index in [1.165, 1.54) is 5.56 Å². The van der Waals surface area contributed by atoms with Crippen molar-refractivity contribution in [2.24, 2.45) is 0 Å². The van der Waals surface area contributed by atoms with E-state index < -0.39 is 0 Å². The van der Waals surface area contributed by atoms with Crippen LogP contribution in [0.5, 0.6) is 0 Å². The largest absolute Gasteiger partial charge is 0.399 e. The van der Waals surface area contributed by atoms with Crippen LogP contribution in [0, 0.1) is 0 Å². The number of hydrogen-bond donors (Lipinski definition) is 2. The maximum Gasteiger partial charge on any atom is 0.0590 e. The van der Waals surface area contributed by atoms with E-state index in [4.69, 9.17) is 5.73 Å². The second-order valence-electron chi connectivity index (χ2n) is 3.45. The molecule has 3 nitrogen and oxygen atoms in total. The van der Waals surface area contributed by atoms with Crippen molar-refractivity contribution in [3.63, 3.8) is 0 Å². The minimum atomic E-state index is 0.767. The molecule has 2 aromatic rings. The molecule has 0 unspecified atom stereocenters. The van der Waals surface area contributed by atoms with Gasteiger partial charge in [-0.15, -0.1) is 0 Å². The Morgan fingerprint density at radius 2 is 1.94 bits per heavy atom. The molecule has 82 valence electrons. The zero-order valence-electron chi connectivity index (χ0n) is 8.65. The Labute approximate surface area is 103 Å². The van der Waals surface area contributed by atoms with Crippen LogP contribution in [0.15, 0.2) is 47.2 Å². The predicted octanol–water partition coefficient (Wildman–Crippen LogP) is 3.04. The Bertz CT molecular complexity index is 468. The zero-order valence-corrected chi connectivity index (χ0v) is 10.2. The molecule has 3 N–H and O–H groups in total. The molecule has 0 bridgehead atoms. The van der Waals surface area contributed by atoms with E-state index in [9.17, 15) is 0 Å². The molecule has 0 radical (unpaired) electrons. The van der Waals surface area contributed by atoms with E-state index in [-0.39, 0.29) is 0 Å². The maximum absolute atomic E-state index is 5.62. The summed E-state index contributed by atoms with van der Waals surface area (Å²) in [6.45, 7) is 0.767. The summed E-state index contributed by atoms with van der Waals surface area (Å²) in [5.74, 6) is 0. The summed E-state index contributed by atoms with van der Waals surface area (Å²) in [6, 6.07) is 9.76. The van der Waals surface area contributed by atoms with Crippen LogP contribution in [0.4, 0.5) is 11.4 Å². The first kappa shape index (κ1) is 11.0. The summed E-state index contributed by atoms with van der Waals surface area (Å²) in [4.78, 5) is 4.01. The summed E-state index contributed by atoms with van der Waals surface area (Å²) in [5, 5.41) is 3.32. The van der Waals surface area contributed by atoms with Gasteiger partial charge in [-0.2, -0.15) is 0 Å². The standard InChI is InChI=1S/C12H12BrN3/c13-11-8-15-6-5-12(11)16-7-9-1-3-10(14)4-2-9/h1-6,8H,7,14H2,(H,15,16). The molecule has 0 saturated carbocycles. The second-order valence-corrected chi connectivity index (χ2v) is 4.30. The average Bonchev–Trinajstić information content (AvgIpc) is 2.30. The van der Waals surface area contributed by atoms with E-state index in [2.05, 4.69) is 26.2 Å². The molecule has 1 aromatic heterocycles. The first-order chi connectivity index (χ1) is 7.75. The Balaban J connectivity index is 2.02. The fraction of sp³-hybridized carbons (Fsp3) is 0.0833. The third kappa shape index (κ3) is 2.73. The van der Waals surface area contributed by atoms with Crippen molar-refractivity contribution in [3.05, 3.63) is 52.8 Å². The maximum atomic E-state index is 5.62. The van der Waals surface area contributed by atoms with Crippen molar-refractivity contribution < 1.29 is 0 Å². The summed E-state index contributed by atoms with van der Waals surface area (Å²) in [5.41, 5.74) is 8.63. The van der Waals surface area contributed by atoms with Crippen LogP contribution in [-0.2, 0) is 6.54 Å². The first-order valence-corrected chi connectivity index (χ1v) is 5.73. The number of halogens is 1. The van der Waals surface area contributed by atoms with Crippen molar-refractivity contribution >= 4 is 27.3 Å². The smallest absolute Gasteiger partial charge is 0.0590 e. The van der Waals surface area contributed by atoms with Crippen LogP contribution in [0.1, 0.15) is 5.56 Å². The molecule has 1 heterocycles. The molecule has 0 fully saturated rings. The number of nitrogens with one attached hydrogen (secondary N) is 1. The number of nitrogen functional groups attached to an aromatic ring is 1. The van der Waals surface area contributed by atoms with Crippen LogP contribution >= 0.6 is 15.9 Å². The zero-order chi connectivity index (χ0) is 11.4. The van der Waals surface area contributed by atoms with Gasteiger partial charge in [-0.25, -0.2) is 0 Å². The summed E-state index contributed by atoms with van der Waals surface area (Å²) < 4.78 is 0.963. The first-order valence-electron chi connectivity index (χ1n) is 4.93. The molecule has 0 aliphatic heterocycles. The van der Waals surface area contributed by atoms with Crippen molar-refractivity contribution in [1.82, 2.24) is 4.98 Å². The molecule has 0 aliphatic rings. The van der Waals surface area contributed by atoms with Crippen molar-refractivity contribution in [2.75, 3.05) is 11.1 Å². The van der Waals surface area contributed by atoms with Gasteiger partial charge in [-0.1, -0.05) is 12.1 Å². The third-order valence-corrected chi connectivity index (χ3v) is 2.87. The SMILES string of the molecule is Nc1ccc(CNc2ccncc2Br)cc1. The quantitative estimate of drug-likeness (QED) is 0.848. The van der Waals surface area contributed by atoms with Gasteiger partial charge in [0.2, 0.25) is 0 Å². The average molecular weight is 278 g/mol. The van der Waals surface area contributed by atoms with Gasteiger partial charge >= 0.3 is 0 Å². The Morgan fingerprint density at radius 3 is 2.62 bits per heavy atom. The number of hydrogen-bond acceptors (Lipinski definition) is 3. The highest BCUT2D eigenvalue weighted by molar-refractivity contribution is 9.10. The number of nitrogens with zero attached hydrogens (tertiary/aromatic N) is 1.